The zero-order chi connectivity index (χ0) is 23.6. The van der Waals surface area contributed by atoms with Crippen LogP contribution in [-0.4, -0.2) is 51.9 Å². The van der Waals surface area contributed by atoms with Crippen LogP contribution in [0.4, 0.5) is 0 Å². The lowest BCUT2D eigenvalue weighted by Gasteiger charge is -2.33. The number of aliphatic hydroxyl groups is 2. The SMILES string of the molecule is C[C@H](Cc1ccc(OCC(=O)O)cc1)N(C[C@H](O)c1ccccc1)C[C@H](O)c1ccccc1. The summed E-state index contributed by atoms with van der Waals surface area (Å²) in [5.41, 5.74) is 2.73. The highest BCUT2D eigenvalue weighted by Gasteiger charge is 2.22. The minimum absolute atomic E-state index is 0.0347. The number of carbonyl (C=O) groups is 1. The summed E-state index contributed by atoms with van der Waals surface area (Å²) in [7, 11) is 0. The van der Waals surface area contributed by atoms with Gasteiger partial charge in [0, 0.05) is 19.1 Å². The van der Waals surface area contributed by atoms with Crippen molar-refractivity contribution in [3.05, 3.63) is 102 Å². The Bertz CT molecular complexity index is 931. The molecule has 6 heteroatoms. The van der Waals surface area contributed by atoms with Crippen molar-refractivity contribution in [1.29, 1.82) is 0 Å². The quantitative estimate of drug-likeness (QED) is 0.389. The molecule has 0 spiro atoms. The van der Waals surface area contributed by atoms with Gasteiger partial charge in [-0.2, -0.15) is 0 Å². The van der Waals surface area contributed by atoms with Gasteiger partial charge in [-0.05, 0) is 42.2 Å². The van der Waals surface area contributed by atoms with Crippen molar-refractivity contribution < 1.29 is 24.9 Å². The first-order chi connectivity index (χ1) is 15.9. The zero-order valence-electron chi connectivity index (χ0n) is 18.7. The van der Waals surface area contributed by atoms with Gasteiger partial charge in [0.15, 0.2) is 6.61 Å². The fraction of sp³-hybridized carbons (Fsp3) is 0.296. The molecule has 0 aromatic heterocycles. The maximum Gasteiger partial charge on any atom is 0.341 e. The summed E-state index contributed by atoms with van der Waals surface area (Å²) in [6, 6.07) is 26.4. The van der Waals surface area contributed by atoms with Crippen molar-refractivity contribution in [3.8, 4) is 5.75 Å². The predicted molar refractivity (Wildman–Crippen MR) is 127 cm³/mol. The Labute approximate surface area is 194 Å². The molecule has 3 N–H and O–H groups in total. The van der Waals surface area contributed by atoms with Crippen LogP contribution in [0, 0.1) is 0 Å². The molecule has 0 fully saturated rings. The molecule has 0 radical (unpaired) electrons. The molecule has 0 aliphatic heterocycles. The van der Waals surface area contributed by atoms with E-state index < -0.39 is 18.2 Å². The van der Waals surface area contributed by atoms with E-state index in [4.69, 9.17) is 9.84 Å². The van der Waals surface area contributed by atoms with E-state index in [1.807, 2.05) is 72.8 Å². The Morgan fingerprint density at radius 2 is 1.30 bits per heavy atom. The zero-order valence-corrected chi connectivity index (χ0v) is 18.7. The molecule has 0 saturated heterocycles. The van der Waals surface area contributed by atoms with Gasteiger partial charge < -0.3 is 20.1 Å². The van der Waals surface area contributed by atoms with Gasteiger partial charge in [0.05, 0.1) is 12.2 Å². The van der Waals surface area contributed by atoms with E-state index in [1.165, 1.54) is 0 Å². The van der Waals surface area contributed by atoms with Crippen molar-refractivity contribution in [1.82, 2.24) is 4.90 Å². The highest BCUT2D eigenvalue weighted by molar-refractivity contribution is 5.68. The Morgan fingerprint density at radius 3 is 1.76 bits per heavy atom. The van der Waals surface area contributed by atoms with Gasteiger partial charge in [0.2, 0.25) is 0 Å². The summed E-state index contributed by atoms with van der Waals surface area (Å²) in [5, 5.41) is 30.4. The fourth-order valence-electron chi connectivity index (χ4n) is 3.78. The number of nitrogens with zero attached hydrogens (tertiary/aromatic N) is 1. The van der Waals surface area contributed by atoms with Crippen LogP contribution in [0.1, 0.15) is 35.8 Å². The molecule has 3 aromatic carbocycles. The predicted octanol–water partition coefficient (Wildman–Crippen LogP) is 3.85. The molecule has 174 valence electrons. The van der Waals surface area contributed by atoms with Gasteiger partial charge in [-0.1, -0.05) is 72.8 Å². The van der Waals surface area contributed by atoms with Crippen LogP contribution < -0.4 is 4.74 Å². The molecule has 3 rings (SSSR count). The van der Waals surface area contributed by atoms with Crippen LogP contribution in [0.2, 0.25) is 0 Å². The number of carboxylic acid groups (broad SMARTS) is 1. The molecule has 0 heterocycles. The van der Waals surface area contributed by atoms with E-state index in [2.05, 4.69) is 11.8 Å². The number of aliphatic carboxylic acids is 1. The molecule has 0 aliphatic carbocycles. The first kappa shape index (κ1) is 24.5. The van der Waals surface area contributed by atoms with Gasteiger partial charge in [-0.25, -0.2) is 4.79 Å². The third kappa shape index (κ3) is 7.71. The number of hydrogen-bond acceptors (Lipinski definition) is 5. The van der Waals surface area contributed by atoms with Gasteiger partial charge in [-0.3, -0.25) is 4.90 Å². The lowest BCUT2D eigenvalue weighted by Crippen LogP contribution is -2.40. The first-order valence-corrected chi connectivity index (χ1v) is 11.1. The Morgan fingerprint density at radius 1 is 0.818 bits per heavy atom. The average molecular weight is 450 g/mol. The van der Waals surface area contributed by atoms with Crippen LogP contribution in [0.5, 0.6) is 5.75 Å². The van der Waals surface area contributed by atoms with E-state index >= 15 is 0 Å². The molecular formula is C27H31NO5. The maximum atomic E-state index is 10.8. The normalized spacial score (nSPS) is 13.9. The lowest BCUT2D eigenvalue weighted by molar-refractivity contribution is -0.139. The van der Waals surface area contributed by atoms with Crippen LogP contribution in [0.25, 0.3) is 0 Å². The van der Waals surface area contributed by atoms with Crippen molar-refractivity contribution >= 4 is 5.97 Å². The molecule has 3 aromatic rings. The molecule has 0 unspecified atom stereocenters. The summed E-state index contributed by atoms with van der Waals surface area (Å²) in [6.07, 6.45) is -0.658. The van der Waals surface area contributed by atoms with Gasteiger partial charge in [0.1, 0.15) is 5.75 Å². The van der Waals surface area contributed by atoms with Crippen molar-refractivity contribution in [2.75, 3.05) is 19.7 Å². The van der Waals surface area contributed by atoms with E-state index in [0.717, 1.165) is 16.7 Å². The number of aliphatic hydroxyl groups excluding tert-OH is 2. The van der Waals surface area contributed by atoms with Gasteiger partial charge in [0.25, 0.3) is 0 Å². The third-order valence-electron chi connectivity index (χ3n) is 5.62. The summed E-state index contributed by atoms with van der Waals surface area (Å²) in [4.78, 5) is 12.8. The highest BCUT2D eigenvalue weighted by atomic mass is 16.5. The largest absolute Gasteiger partial charge is 0.482 e. The molecule has 33 heavy (non-hydrogen) atoms. The van der Waals surface area contributed by atoms with Crippen molar-refractivity contribution in [2.24, 2.45) is 0 Å². The fourth-order valence-corrected chi connectivity index (χ4v) is 3.78. The number of rotatable bonds is 12. The second-order valence-corrected chi connectivity index (χ2v) is 8.19. The molecule has 0 amide bonds. The van der Waals surface area contributed by atoms with E-state index in [-0.39, 0.29) is 12.6 Å². The summed E-state index contributed by atoms with van der Waals surface area (Å²) < 4.78 is 5.20. The van der Waals surface area contributed by atoms with E-state index in [9.17, 15) is 15.0 Å². The van der Waals surface area contributed by atoms with Crippen LogP contribution in [0.3, 0.4) is 0 Å². The molecule has 0 saturated carbocycles. The monoisotopic (exact) mass is 449 g/mol. The third-order valence-corrected chi connectivity index (χ3v) is 5.62. The second-order valence-electron chi connectivity index (χ2n) is 8.19. The number of ether oxygens (including phenoxy) is 1. The van der Waals surface area contributed by atoms with Crippen LogP contribution in [-0.2, 0) is 11.2 Å². The number of carboxylic acids is 1. The lowest BCUT2D eigenvalue weighted by atomic mass is 10.0. The average Bonchev–Trinajstić information content (AvgIpc) is 2.84. The standard InChI is InChI=1S/C27H31NO5/c1-20(16-21-12-14-24(15-13-21)33-19-27(31)32)28(17-25(29)22-8-4-2-5-9-22)18-26(30)23-10-6-3-7-11-23/h2-15,20,25-26,29-30H,16-19H2,1H3,(H,31,32)/t20-,25+,26+/m1/s1. The summed E-state index contributed by atoms with van der Waals surface area (Å²) in [6.45, 7) is 2.46. The number of benzene rings is 3. The van der Waals surface area contributed by atoms with E-state index in [1.54, 1.807) is 12.1 Å². The minimum atomic E-state index is -1.02. The molecular weight excluding hydrogens is 418 g/mol. The van der Waals surface area contributed by atoms with Gasteiger partial charge in [-0.15, -0.1) is 0 Å². The van der Waals surface area contributed by atoms with E-state index in [0.29, 0.717) is 25.3 Å². The molecule has 0 bridgehead atoms. The van der Waals surface area contributed by atoms with Gasteiger partial charge >= 0.3 is 5.97 Å². The summed E-state index contributed by atoms with van der Waals surface area (Å²) >= 11 is 0. The topological polar surface area (TPSA) is 90.2 Å². The van der Waals surface area contributed by atoms with Crippen molar-refractivity contribution in [3.63, 3.8) is 0 Å². The first-order valence-electron chi connectivity index (χ1n) is 11.1. The maximum absolute atomic E-state index is 10.8. The molecule has 6 nitrogen and oxygen atoms in total. The Kier molecular flexibility index (Phi) is 9.01. The summed E-state index contributed by atoms with van der Waals surface area (Å²) in [5.74, 6) is -0.512. The smallest absolute Gasteiger partial charge is 0.341 e. The van der Waals surface area contributed by atoms with Crippen LogP contribution >= 0.6 is 0 Å². The molecule has 0 aliphatic rings. The highest BCUT2D eigenvalue weighted by Crippen LogP contribution is 2.22. The van der Waals surface area contributed by atoms with Crippen LogP contribution in [0.15, 0.2) is 84.9 Å². The Hall–Kier alpha value is -3.19. The second kappa shape index (κ2) is 12.2. The van der Waals surface area contributed by atoms with Crippen molar-refractivity contribution in [2.45, 2.75) is 31.6 Å². The number of hydrogen-bond donors (Lipinski definition) is 3. The minimum Gasteiger partial charge on any atom is -0.482 e. The Balaban J connectivity index is 1.70. The molecule has 3 atom stereocenters.